The van der Waals surface area contributed by atoms with Gasteiger partial charge in [-0.25, -0.2) is 4.98 Å². The van der Waals surface area contributed by atoms with Gasteiger partial charge < -0.3 is 15.3 Å². The summed E-state index contributed by atoms with van der Waals surface area (Å²) in [7, 11) is 0. The zero-order valence-corrected chi connectivity index (χ0v) is 16.9. The van der Waals surface area contributed by atoms with Crippen molar-refractivity contribution in [3.63, 3.8) is 0 Å². The molecule has 1 saturated heterocycles. The Bertz CT molecular complexity index is 860. The Morgan fingerprint density at radius 1 is 1.18 bits per heavy atom. The molecule has 150 valence electrons. The number of hydrogen-bond acceptors (Lipinski definition) is 5. The SMILES string of the molecule is CC(=O)c1cc2cc(C)ccc2nc1N1CC[C@H](NC2CCCCC2)[C@H](O)C1. The monoisotopic (exact) mass is 381 g/mol. The average molecular weight is 382 g/mol. The second-order valence-electron chi connectivity index (χ2n) is 8.52. The van der Waals surface area contributed by atoms with Gasteiger partial charge in [0.05, 0.1) is 17.2 Å². The van der Waals surface area contributed by atoms with Crippen LogP contribution in [0.25, 0.3) is 10.9 Å². The third-order valence-electron chi connectivity index (χ3n) is 6.27. The minimum Gasteiger partial charge on any atom is -0.390 e. The summed E-state index contributed by atoms with van der Waals surface area (Å²) in [5.74, 6) is 0.724. The standard InChI is InChI=1S/C23H31N3O2/c1-15-8-9-20-17(12-15)13-19(16(2)27)23(25-20)26-11-10-21(22(28)14-26)24-18-6-4-3-5-7-18/h8-9,12-13,18,21-22,24,28H,3-7,10-11,14H2,1-2H3/t21-,22+/m0/s1. The number of benzene rings is 1. The van der Waals surface area contributed by atoms with Crippen molar-refractivity contribution in [1.82, 2.24) is 10.3 Å². The van der Waals surface area contributed by atoms with E-state index in [2.05, 4.69) is 16.3 Å². The van der Waals surface area contributed by atoms with Crippen LogP contribution in [-0.4, -0.2) is 47.2 Å². The molecule has 1 aromatic heterocycles. The number of β-amino-alcohol motifs (C(OH)–C–C–N with tert-alkyl or cyclic N) is 1. The summed E-state index contributed by atoms with van der Waals surface area (Å²) in [6.45, 7) is 4.94. The number of nitrogens with zero attached hydrogens (tertiary/aromatic N) is 2. The number of carbonyl (C=O) groups is 1. The lowest BCUT2D eigenvalue weighted by atomic mass is 9.92. The minimum absolute atomic E-state index is 0.0165. The van der Waals surface area contributed by atoms with Crippen LogP contribution in [0.3, 0.4) is 0 Å². The third kappa shape index (κ3) is 4.06. The number of Topliss-reactive ketones (excluding diaryl/α,β-unsaturated/α-hetero) is 1. The van der Waals surface area contributed by atoms with Gasteiger partial charge in [0.1, 0.15) is 5.82 Å². The summed E-state index contributed by atoms with van der Waals surface area (Å²) in [4.78, 5) is 19.2. The normalized spacial score (nSPS) is 23.9. The van der Waals surface area contributed by atoms with Gasteiger partial charge in [-0.1, -0.05) is 30.9 Å². The molecule has 28 heavy (non-hydrogen) atoms. The summed E-state index contributed by atoms with van der Waals surface area (Å²) >= 11 is 0. The lowest BCUT2D eigenvalue weighted by molar-refractivity contribution is 0.0997. The van der Waals surface area contributed by atoms with Crippen molar-refractivity contribution in [2.75, 3.05) is 18.0 Å². The Morgan fingerprint density at radius 3 is 2.68 bits per heavy atom. The summed E-state index contributed by atoms with van der Waals surface area (Å²) < 4.78 is 0. The van der Waals surface area contributed by atoms with Crippen LogP contribution in [0.2, 0.25) is 0 Å². The number of piperidine rings is 1. The first-order valence-corrected chi connectivity index (χ1v) is 10.6. The van der Waals surface area contributed by atoms with E-state index in [9.17, 15) is 9.90 Å². The molecule has 0 amide bonds. The van der Waals surface area contributed by atoms with E-state index in [1.165, 1.54) is 32.1 Å². The molecule has 1 aliphatic heterocycles. The Morgan fingerprint density at radius 2 is 1.96 bits per heavy atom. The maximum absolute atomic E-state index is 12.3. The molecule has 0 unspecified atom stereocenters. The van der Waals surface area contributed by atoms with E-state index in [0.717, 1.165) is 29.4 Å². The molecular weight excluding hydrogens is 350 g/mol. The van der Waals surface area contributed by atoms with Gasteiger partial charge in [-0.3, -0.25) is 4.79 Å². The van der Waals surface area contributed by atoms with Gasteiger partial charge >= 0.3 is 0 Å². The second-order valence-corrected chi connectivity index (χ2v) is 8.52. The highest BCUT2D eigenvalue weighted by Gasteiger charge is 2.31. The van der Waals surface area contributed by atoms with Crippen LogP contribution in [0, 0.1) is 6.92 Å². The van der Waals surface area contributed by atoms with Crippen LogP contribution in [0.15, 0.2) is 24.3 Å². The fraction of sp³-hybridized carbons (Fsp3) is 0.565. The lowest BCUT2D eigenvalue weighted by Gasteiger charge is -2.39. The molecular formula is C23H31N3O2. The fourth-order valence-electron chi connectivity index (χ4n) is 4.68. The molecule has 1 aliphatic carbocycles. The van der Waals surface area contributed by atoms with Crippen molar-refractivity contribution >= 4 is 22.5 Å². The Labute approximate surface area is 167 Å². The first kappa shape index (κ1) is 19.3. The van der Waals surface area contributed by atoms with Gasteiger partial charge in [0.15, 0.2) is 5.78 Å². The van der Waals surface area contributed by atoms with E-state index in [4.69, 9.17) is 4.98 Å². The molecule has 1 aromatic carbocycles. The van der Waals surface area contributed by atoms with Crippen molar-refractivity contribution in [2.45, 2.75) is 70.6 Å². The highest BCUT2D eigenvalue weighted by molar-refractivity contribution is 6.02. The van der Waals surface area contributed by atoms with Gasteiger partial charge in [0.25, 0.3) is 0 Å². The molecule has 5 heteroatoms. The molecule has 4 rings (SSSR count). The molecule has 2 fully saturated rings. The van der Waals surface area contributed by atoms with Crippen molar-refractivity contribution in [1.29, 1.82) is 0 Å². The van der Waals surface area contributed by atoms with Crippen molar-refractivity contribution < 1.29 is 9.90 Å². The van der Waals surface area contributed by atoms with E-state index in [0.29, 0.717) is 24.0 Å². The molecule has 0 radical (unpaired) electrons. The molecule has 2 aliphatic rings. The number of nitrogens with one attached hydrogen (secondary N) is 1. The van der Waals surface area contributed by atoms with Crippen LogP contribution < -0.4 is 10.2 Å². The van der Waals surface area contributed by atoms with E-state index in [-0.39, 0.29) is 11.8 Å². The van der Waals surface area contributed by atoms with Crippen LogP contribution in [-0.2, 0) is 0 Å². The number of pyridine rings is 1. The number of ketones is 1. The maximum Gasteiger partial charge on any atom is 0.163 e. The Hall–Kier alpha value is -1.98. The van der Waals surface area contributed by atoms with Crippen LogP contribution in [0.4, 0.5) is 5.82 Å². The molecule has 2 atom stereocenters. The highest BCUT2D eigenvalue weighted by Crippen LogP contribution is 2.28. The first-order valence-electron chi connectivity index (χ1n) is 10.6. The van der Waals surface area contributed by atoms with Crippen molar-refractivity contribution in [3.8, 4) is 0 Å². The molecule has 2 heterocycles. The molecule has 2 N–H and O–H groups in total. The number of anilines is 1. The number of aliphatic hydroxyl groups is 1. The minimum atomic E-state index is -0.453. The quantitative estimate of drug-likeness (QED) is 0.792. The number of rotatable bonds is 4. The van der Waals surface area contributed by atoms with Gasteiger partial charge in [0.2, 0.25) is 0 Å². The smallest absolute Gasteiger partial charge is 0.163 e. The van der Waals surface area contributed by atoms with Crippen LogP contribution >= 0.6 is 0 Å². The van der Waals surface area contributed by atoms with E-state index >= 15 is 0 Å². The van der Waals surface area contributed by atoms with Crippen LogP contribution in [0.1, 0.15) is 61.4 Å². The van der Waals surface area contributed by atoms with E-state index < -0.39 is 6.10 Å². The van der Waals surface area contributed by atoms with E-state index in [1.807, 2.05) is 25.1 Å². The number of aromatic nitrogens is 1. The number of aliphatic hydroxyl groups excluding tert-OH is 1. The number of carbonyl (C=O) groups excluding carboxylic acids is 1. The molecule has 1 saturated carbocycles. The van der Waals surface area contributed by atoms with Crippen molar-refractivity contribution in [2.24, 2.45) is 0 Å². The highest BCUT2D eigenvalue weighted by atomic mass is 16.3. The summed E-state index contributed by atoms with van der Waals surface area (Å²) in [5.41, 5.74) is 2.69. The summed E-state index contributed by atoms with van der Waals surface area (Å²) in [6.07, 6.45) is 6.75. The predicted molar refractivity (Wildman–Crippen MR) is 113 cm³/mol. The Kier molecular flexibility index (Phi) is 5.65. The Balaban J connectivity index is 1.54. The fourth-order valence-corrected chi connectivity index (χ4v) is 4.68. The molecule has 0 bridgehead atoms. The lowest BCUT2D eigenvalue weighted by Crippen LogP contribution is -2.55. The molecule has 0 spiro atoms. The predicted octanol–water partition coefficient (Wildman–Crippen LogP) is 3.61. The van der Waals surface area contributed by atoms with Gasteiger partial charge in [-0.05, 0) is 51.3 Å². The second kappa shape index (κ2) is 8.18. The topological polar surface area (TPSA) is 65.5 Å². The zero-order valence-electron chi connectivity index (χ0n) is 16.9. The van der Waals surface area contributed by atoms with E-state index in [1.54, 1.807) is 6.92 Å². The average Bonchev–Trinajstić information content (AvgIpc) is 2.69. The summed E-state index contributed by atoms with van der Waals surface area (Å²) in [5, 5.41) is 15.5. The largest absolute Gasteiger partial charge is 0.390 e. The number of hydrogen-bond donors (Lipinski definition) is 2. The summed E-state index contributed by atoms with van der Waals surface area (Å²) in [6, 6.07) is 8.73. The van der Waals surface area contributed by atoms with Gasteiger partial charge in [-0.2, -0.15) is 0 Å². The molecule has 5 nitrogen and oxygen atoms in total. The number of fused-ring (bicyclic) bond motifs is 1. The van der Waals surface area contributed by atoms with Gasteiger partial charge in [-0.15, -0.1) is 0 Å². The number of aryl methyl sites for hydroxylation is 1. The third-order valence-corrected chi connectivity index (χ3v) is 6.27. The van der Waals surface area contributed by atoms with Crippen LogP contribution in [0.5, 0.6) is 0 Å². The van der Waals surface area contributed by atoms with Gasteiger partial charge in [0, 0.05) is 30.6 Å². The first-order chi connectivity index (χ1) is 13.5. The maximum atomic E-state index is 12.3. The van der Waals surface area contributed by atoms with Crippen molar-refractivity contribution in [3.05, 3.63) is 35.4 Å². The zero-order chi connectivity index (χ0) is 19.7. The molecule has 2 aromatic rings.